The lowest BCUT2D eigenvalue weighted by Crippen LogP contribution is -2.23. The van der Waals surface area contributed by atoms with Crippen LogP contribution in [0, 0.1) is 12.7 Å². The van der Waals surface area contributed by atoms with E-state index in [9.17, 15) is 4.39 Å². The number of aryl methyl sites for hydroxylation is 2. The van der Waals surface area contributed by atoms with Crippen LogP contribution in [-0.4, -0.2) is 6.04 Å². The lowest BCUT2D eigenvalue weighted by Gasteiger charge is -2.13. The molecule has 0 radical (unpaired) electrons. The fourth-order valence-electron chi connectivity index (χ4n) is 2.19. The monoisotopic (exact) mass is 291 g/mol. The highest BCUT2D eigenvalue weighted by Crippen LogP contribution is 2.19. The number of nitrogens with two attached hydrogens (primary N) is 1. The molecule has 0 heterocycles. The van der Waals surface area contributed by atoms with E-state index in [4.69, 9.17) is 17.3 Å². The van der Waals surface area contributed by atoms with E-state index in [1.807, 2.05) is 0 Å². The van der Waals surface area contributed by atoms with Crippen LogP contribution in [-0.2, 0) is 12.8 Å². The summed E-state index contributed by atoms with van der Waals surface area (Å²) in [7, 11) is 0. The molecule has 0 bridgehead atoms. The summed E-state index contributed by atoms with van der Waals surface area (Å²) < 4.78 is 13.2. The molecule has 0 aliphatic rings. The Morgan fingerprint density at radius 1 is 1.15 bits per heavy atom. The van der Waals surface area contributed by atoms with Crippen LogP contribution in [0.5, 0.6) is 0 Å². The quantitative estimate of drug-likeness (QED) is 0.874. The molecular weight excluding hydrogens is 273 g/mol. The molecule has 0 spiro atoms. The zero-order valence-corrected chi connectivity index (χ0v) is 12.3. The molecule has 0 saturated carbocycles. The van der Waals surface area contributed by atoms with Crippen LogP contribution >= 0.6 is 11.6 Å². The summed E-state index contributed by atoms with van der Waals surface area (Å²) in [6.45, 7) is 2.07. The van der Waals surface area contributed by atoms with Gasteiger partial charge in [0, 0.05) is 11.1 Å². The number of hydrogen-bond donors (Lipinski definition) is 1. The molecule has 0 fully saturated rings. The van der Waals surface area contributed by atoms with E-state index in [1.165, 1.54) is 23.3 Å². The highest BCUT2D eigenvalue weighted by molar-refractivity contribution is 6.31. The topological polar surface area (TPSA) is 26.0 Å². The first-order chi connectivity index (χ1) is 9.54. The van der Waals surface area contributed by atoms with E-state index in [1.54, 1.807) is 6.07 Å². The SMILES string of the molecule is Cc1ccc(CCC(N)Cc2cc(F)ccc2Cl)cc1. The molecule has 106 valence electrons. The lowest BCUT2D eigenvalue weighted by atomic mass is 9.99. The molecule has 0 aromatic heterocycles. The van der Waals surface area contributed by atoms with Gasteiger partial charge in [0.15, 0.2) is 0 Å². The summed E-state index contributed by atoms with van der Waals surface area (Å²) >= 11 is 6.05. The van der Waals surface area contributed by atoms with Crippen LogP contribution in [0.25, 0.3) is 0 Å². The van der Waals surface area contributed by atoms with Crippen molar-refractivity contribution in [2.24, 2.45) is 5.73 Å². The van der Waals surface area contributed by atoms with Crippen molar-refractivity contribution in [1.82, 2.24) is 0 Å². The highest BCUT2D eigenvalue weighted by Gasteiger charge is 2.09. The van der Waals surface area contributed by atoms with Gasteiger partial charge in [0.25, 0.3) is 0 Å². The van der Waals surface area contributed by atoms with Crippen molar-refractivity contribution in [3.05, 3.63) is 70.0 Å². The molecule has 1 unspecified atom stereocenters. The van der Waals surface area contributed by atoms with Gasteiger partial charge in [0.2, 0.25) is 0 Å². The Labute approximate surface area is 124 Å². The van der Waals surface area contributed by atoms with Crippen molar-refractivity contribution in [2.45, 2.75) is 32.2 Å². The predicted octanol–water partition coefficient (Wildman–Crippen LogP) is 4.29. The largest absolute Gasteiger partial charge is 0.327 e. The van der Waals surface area contributed by atoms with Crippen molar-refractivity contribution in [1.29, 1.82) is 0 Å². The molecule has 2 rings (SSSR count). The molecule has 3 heteroatoms. The van der Waals surface area contributed by atoms with Gasteiger partial charge >= 0.3 is 0 Å². The predicted molar refractivity (Wildman–Crippen MR) is 82.6 cm³/mol. The maximum Gasteiger partial charge on any atom is 0.123 e. The van der Waals surface area contributed by atoms with Gasteiger partial charge in [0.1, 0.15) is 5.82 Å². The van der Waals surface area contributed by atoms with Gasteiger partial charge < -0.3 is 5.73 Å². The fraction of sp³-hybridized carbons (Fsp3) is 0.294. The second-order valence-corrected chi connectivity index (χ2v) is 5.63. The minimum absolute atomic E-state index is 0.0180. The molecule has 0 aliphatic carbocycles. The first kappa shape index (κ1) is 15.0. The summed E-state index contributed by atoms with van der Waals surface area (Å²) in [5.74, 6) is -0.268. The Morgan fingerprint density at radius 3 is 2.55 bits per heavy atom. The average Bonchev–Trinajstić information content (AvgIpc) is 2.42. The maximum atomic E-state index is 13.2. The number of rotatable bonds is 5. The molecule has 1 atom stereocenters. The lowest BCUT2D eigenvalue weighted by molar-refractivity contribution is 0.599. The summed E-state index contributed by atoms with van der Waals surface area (Å²) in [5.41, 5.74) is 9.43. The van der Waals surface area contributed by atoms with Crippen molar-refractivity contribution >= 4 is 11.6 Å². The van der Waals surface area contributed by atoms with Crippen LogP contribution < -0.4 is 5.73 Å². The third-order valence-corrected chi connectivity index (χ3v) is 3.78. The minimum Gasteiger partial charge on any atom is -0.327 e. The summed E-state index contributed by atoms with van der Waals surface area (Å²) in [6.07, 6.45) is 2.38. The van der Waals surface area contributed by atoms with Crippen molar-refractivity contribution < 1.29 is 4.39 Å². The molecular formula is C17H19ClFN. The fourth-order valence-corrected chi connectivity index (χ4v) is 2.39. The molecule has 2 N–H and O–H groups in total. The Balaban J connectivity index is 1.90. The van der Waals surface area contributed by atoms with Crippen LogP contribution in [0.2, 0.25) is 5.02 Å². The van der Waals surface area contributed by atoms with Gasteiger partial charge in [-0.15, -0.1) is 0 Å². The highest BCUT2D eigenvalue weighted by atomic mass is 35.5. The summed E-state index contributed by atoms with van der Waals surface area (Å²) in [4.78, 5) is 0. The standard InChI is InChI=1S/C17H19ClFN/c1-12-2-4-13(5-3-12)6-8-16(20)11-14-10-15(19)7-9-17(14)18/h2-5,7,9-10,16H,6,8,11,20H2,1H3. The molecule has 2 aromatic rings. The molecule has 0 aliphatic heterocycles. The maximum absolute atomic E-state index is 13.2. The first-order valence-corrected chi connectivity index (χ1v) is 7.17. The zero-order chi connectivity index (χ0) is 14.5. The minimum atomic E-state index is -0.268. The zero-order valence-electron chi connectivity index (χ0n) is 11.6. The molecule has 0 amide bonds. The van der Waals surface area contributed by atoms with Crippen LogP contribution in [0.15, 0.2) is 42.5 Å². The summed E-state index contributed by atoms with van der Waals surface area (Å²) in [6, 6.07) is 12.8. The Kier molecular flexibility index (Phi) is 5.16. The van der Waals surface area contributed by atoms with Crippen LogP contribution in [0.1, 0.15) is 23.1 Å². The normalized spacial score (nSPS) is 12.4. The number of hydrogen-bond acceptors (Lipinski definition) is 1. The number of halogens is 2. The van der Waals surface area contributed by atoms with E-state index >= 15 is 0 Å². The second-order valence-electron chi connectivity index (χ2n) is 5.22. The smallest absolute Gasteiger partial charge is 0.123 e. The first-order valence-electron chi connectivity index (χ1n) is 6.79. The van der Waals surface area contributed by atoms with Gasteiger partial charge in [-0.25, -0.2) is 4.39 Å². The van der Waals surface area contributed by atoms with Crippen molar-refractivity contribution in [3.8, 4) is 0 Å². The van der Waals surface area contributed by atoms with Gasteiger partial charge in [-0.05, 0) is 55.5 Å². The van der Waals surface area contributed by atoms with Crippen LogP contribution in [0.3, 0.4) is 0 Å². The second kappa shape index (κ2) is 6.87. The number of benzene rings is 2. The van der Waals surface area contributed by atoms with E-state index in [2.05, 4.69) is 31.2 Å². The molecule has 1 nitrogen and oxygen atoms in total. The van der Waals surface area contributed by atoms with Crippen molar-refractivity contribution in [2.75, 3.05) is 0 Å². The third-order valence-electron chi connectivity index (χ3n) is 3.41. The molecule has 2 aromatic carbocycles. The van der Waals surface area contributed by atoms with Gasteiger partial charge in [-0.1, -0.05) is 41.4 Å². The van der Waals surface area contributed by atoms with E-state index in [0.717, 1.165) is 18.4 Å². The molecule has 0 saturated heterocycles. The van der Waals surface area contributed by atoms with Crippen LogP contribution in [0.4, 0.5) is 4.39 Å². The van der Waals surface area contributed by atoms with Gasteiger partial charge in [-0.2, -0.15) is 0 Å². The summed E-state index contributed by atoms with van der Waals surface area (Å²) in [5, 5.41) is 0.581. The van der Waals surface area contributed by atoms with E-state index in [-0.39, 0.29) is 11.9 Å². The third kappa shape index (κ3) is 4.32. The molecule has 20 heavy (non-hydrogen) atoms. The Morgan fingerprint density at radius 2 is 1.85 bits per heavy atom. The van der Waals surface area contributed by atoms with Gasteiger partial charge in [0.05, 0.1) is 0 Å². The average molecular weight is 292 g/mol. The van der Waals surface area contributed by atoms with Crippen molar-refractivity contribution in [3.63, 3.8) is 0 Å². The Hall–Kier alpha value is -1.38. The van der Waals surface area contributed by atoms with E-state index in [0.29, 0.717) is 11.4 Å². The van der Waals surface area contributed by atoms with E-state index < -0.39 is 0 Å². The Bertz CT molecular complexity index is 566. The van der Waals surface area contributed by atoms with Gasteiger partial charge in [-0.3, -0.25) is 0 Å².